The Labute approximate surface area is 192 Å². The normalized spacial score (nSPS) is 15.7. The monoisotopic (exact) mass is 450 g/mol. The lowest BCUT2D eigenvalue weighted by atomic mass is 9.97. The van der Waals surface area contributed by atoms with E-state index in [9.17, 15) is 9.18 Å². The van der Waals surface area contributed by atoms with E-state index < -0.39 is 0 Å². The molecule has 1 saturated heterocycles. The molecule has 0 unspecified atom stereocenters. The number of ether oxygens (including phenoxy) is 2. The molecule has 0 spiro atoms. The van der Waals surface area contributed by atoms with Gasteiger partial charge in [-0.25, -0.2) is 14.4 Å². The summed E-state index contributed by atoms with van der Waals surface area (Å²) in [6.07, 6.45) is 3.35. The number of carbonyl (C=O) groups is 1. The van der Waals surface area contributed by atoms with E-state index in [0.29, 0.717) is 36.0 Å². The van der Waals surface area contributed by atoms with Gasteiger partial charge in [0.25, 0.3) is 0 Å². The van der Waals surface area contributed by atoms with Gasteiger partial charge in [-0.15, -0.1) is 0 Å². The summed E-state index contributed by atoms with van der Waals surface area (Å²) >= 11 is 0. The van der Waals surface area contributed by atoms with Crippen LogP contribution in [0.4, 0.5) is 10.2 Å². The number of rotatable bonds is 7. The molecule has 1 aliphatic heterocycles. The van der Waals surface area contributed by atoms with Gasteiger partial charge in [-0.1, -0.05) is 12.1 Å². The number of amides is 1. The average Bonchev–Trinajstić information content (AvgIpc) is 2.87. The molecule has 1 aliphatic rings. The van der Waals surface area contributed by atoms with Gasteiger partial charge in [0.15, 0.2) is 5.82 Å². The third-order valence-corrected chi connectivity index (χ3v) is 5.78. The maximum atomic E-state index is 13.6. The average molecular weight is 451 g/mol. The molecule has 1 fully saturated rings. The Kier molecular flexibility index (Phi) is 7.02. The van der Waals surface area contributed by atoms with Crippen LogP contribution in [0, 0.1) is 11.7 Å². The number of carbonyl (C=O) groups excluding carboxylic acids is 1. The highest BCUT2D eigenvalue weighted by atomic mass is 19.1. The predicted molar refractivity (Wildman–Crippen MR) is 124 cm³/mol. The van der Waals surface area contributed by atoms with E-state index in [-0.39, 0.29) is 17.6 Å². The standard InChI is InChI=1S/C25H27FN4O3/c1-32-21-8-9-22(33-2)19(14-21)15-28-25(31)18-6-4-12-30(16-18)23-10-11-27-24(29-23)17-5-3-7-20(26)13-17/h3,5,7-11,13-14,18H,4,6,12,15-16H2,1-2H3,(H,28,31)/t18-/m0/s1. The highest BCUT2D eigenvalue weighted by Gasteiger charge is 2.27. The second kappa shape index (κ2) is 10.3. The van der Waals surface area contributed by atoms with Gasteiger partial charge >= 0.3 is 0 Å². The Hall–Kier alpha value is -3.68. The molecule has 1 aromatic heterocycles. The summed E-state index contributed by atoms with van der Waals surface area (Å²) in [5, 5.41) is 3.03. The number of hydrogen-bond donors (Lipinski definition) is 1. The first kappa shape index (κ1) is 22.5. The van der Waals surface area contributed by atoms with Crippen LogP contribution in [0.25, 0.3) is 11.4 Å². The minimum absolute atomic E-state index is 0.0102. The first-order valence-electron chi connectivity index (χ1n) is 10.9. The summed E-state index contributed by atoms with van der Waals surface area (Å²) in [6.45, 7) is 1.71. The minimum Gasteiger partial charge on any atom is -0.497 e. The van der Waals surface area contributed by atoms with Crippen molar-refractivity contribution in [1.29, 1.82) is 0 Å². The molecule has 0 saturated carbocycles. The second-order valence-electron chi connectivity index (χ2n) is 7.93. The van der Waals surface area contributed by atoms with Crippen LogP contribution in [0.15, 0.2) is 54.7 Å². The molecular weight excluding hydrogens is 423 g/mol. The Morgan fingerprint density at radius 2 is 2.06 bits per heavy atom. The number of aromatic nitrogens is 2. The van der Waals surface area contributed by atoms with Gasteiger partial charge in [0.05, 0.1) is 20.1 Å². The lowest BCUT2D eigenvalue weighted by Crippen LogP contribution is -2.43. The fraction of sp³-hybridized carbons (Fsp3) is 0.320. The van der Waals surface area contributed by atoms with E-state index in [1.54, 1.807) is 32.5 Å². The Morgan fingerprint density at radius 3 is 2.85 bits per heavy atom. The molecule has 1 N–H and O–H groups in total. The molecule has 2 aromatic carbocycles. The number of anilines is 1. The lowest BCUT2D eigenvalue weighted by molar-refractivity contribution is -0.125. The van der Waals surface area contributed by atoms with Crippen molar-refractivity contribution >= 4 is 11.7 Å². The number of halogens is 1. The quantitative estimate of drug-likeness (QED) is 0.590. The molecule has 7 nitrogen and oxygen atoms in total. The van der Waals surface area contributed by atoms with Gasteiger partial charge in [0, 0.05) is 37.0 Å². The van der Waals surface area contributed by atoms with E-state index in [1.807, 2.05) is 24.3 Å². The van der Waals surface area contributed by atoms with Gasteiger partial charge in [-0.3, -0.25) is 4.79 Å². The predicted octanol–water partition coefficient (Wildman–Crippen LogP) is 3.83. The zero-order valence-electron chi connectivity index (χ0n) is 18.8. The molecule has 8 heteroatoms. The SMILES string of the molecule is COc1ccc(OC)c(CNC(=O)[C@H]2CCCN(c3ccnc(-c4cccc(F)c4)n3)C2)c1. The number of piperidine rings is 1. The summed E-state index contributed by atoms with van der Waals surface area (Å²) in [7, 11) is 3.21. The van der Waals surface area contributed by atoms with Crippen molar-refractivity contribution < 1.29 is 18.7 Å². The molecule has 172 valence electrons. The van der Waals surface area contributed by atoms with Crippen molar-refractivity contribution in [2.24, 2.45) is 5.92 Å². The van der Waals surface area contributed by atoms with Crippen molar-refractivity contribution in [3.63, 3.8) is 0 Å². The minimum atomic E-state index is -0.330. The Morgan fingerprint density at radius 1 is 1.18 bits per heavy atom. The zero-order valence-corrected chi connectivity index (χ0v) is 18.8. The first-order chi connectivity index (χ1) is 16.1. The van der Waals surface area contributed by atoms with Crippen LogP contribution in [-0.4, -0.2) is 43.2 Å². The van der Waals surface area contributed by atoms with E-state index in [0.717, 1.165) is 30.8 Å². The third-order valence-electron chi connectivity index (χ3n) is 5.78. The number of hydrogen-bond acceptors (Lipinski definition) is 6. The van der Waals surface area contributed by atoms with Crippen LogP contribution in [0.2, 0.25) is 0 Å². The number of nitrogens with zero attached hydrogens (tertiary/aromatic N) is 3. The lowest BCUT2D eigenvalue weighted by Gasteiger charge is -2.33. The topological polar surface area (TPSA) is 76.6 Å². The van der Waals surface area contributed by atoms with Crippen molar-refractivity contribution in [1.82, 2.24) is 15.3 Å². The highest BCUT2D eigenvalue weighted by molar-refractivity contribution is 5.79. The van der Waals surface area contributed by atoms with Crippen molar-refractivity contribution in [2.75, 3.05) is 32.2 Å². The van der Waals surface area contributed by atoms with Crippen LogP contribution >= 0.6 is 0 Å². The van der Waals surface area contributed by atoms with Crippen LogP contribution in [0.1, 0.15) is 18.4 Å². The maximum absolute atomic E-state index is 13.6. The summed E-state index contributed by atoms with van der Waals surface area (Å²) in [5.74, 6) is 2.10. The van der Waals surface area contributed by atoms with Crippen LogP contribution in [0.5, 0.6) is 11.5 Å². The summed E-state index contributed by atoms with van der Waals surface area (Å²) in [5.41, 5.74) is 1.48. The van der Waals surface area contributed by atoms with Crippen LogP contribution in [0.3, 0.4) is 0 Å². The first-order valence-corrected chi connectivity index (χ1v) is 10.9. The van der Waals surface area contributed by atoms with E-state index >= 15 is 0 Å². The molecule has 1 atom stereocenters. The van der Waals surface area contributed by atoms with Gasteiger partial charge < -0.3 is 19.7 Å². The molecule has 0 aliphatic carbocycles. The molecule has 33 heavy (non-hydrogen) atoms. The van der Waals surface area contributed by atoms with Gasteiger partial charge in [-0.2, -0.15) is 0 Å². The highest BCUT2D eigenvalue weighted by Crippen LogP contribution is 2.26. The Bertz CT molecular complexity index is 1120. The molecule has 4 rings (SSSR count). The molecule has 0 bridgehead atoms. The fourth-order valence-corrected chi connectivity index (χ4v) is 4.04. The fourth-order valence-electron chi connectivity index (χ4n) is 4.04. The van der Waals surface area contributed by atoms with E-state index in [2.05, 4.69) is 20.2 Å². The summed E-state index contributed by atoms with van der Waals surface area (Å²) in [4.78, 5) is 23.9. The number of nitrogens with one attached hydrogen (secondary N) is 1. The van der Waals surface area contributed by atoms with E-state index in [4.69, 9.17) is 9.47 Å². The van der Waals surface area contributed by atoms with Gasteiger partial charge in [0.1, 0.15) is 23.1 Å². The van der Waals surface area contributed by atoms with Crippen molar-refractivity contribution in [2.45, 2.75) is 19.4 Å². The van der Waals surface area contributed by atoms with Crippen LogP contribution < -0.4 is 19.7 Å². The van der Waals surface area contributed by atoms with Crippen molar-refractivity contribution in [3.05, 3.63) is 66.1 Å². The van der Waals surface area contributed by atoms with Gasteiger partial charge in [-0.05, 0) is 49.2 Å². The van der Waals surface area contributed by atoms with Gasteiger partial charge in [0.2, 0.25) is 5.91 Å². The zero-order chi connectivity index (χ0) is 23.2. The molecule has 0 radical (unpaired) electrons. The largest absolute Gasteiger partial charge is 0.497 e. The molecule has 3 aromatic rings. The maximum Gasteiger partial charge on any atom is 0.225 e. The third kappa shape index (κ3) is 5.39. The smallest absolute Gasteiger partial charge is 0.225 e. The summed E-state index contributed by atoms with van der Waals surface area (Å²) in [6, 6.07) is 13.6. The number of methoxy groups -OCH3 is 2. The molecule has 2 heterocycles. The van der Waals surface area contributed by atoms with Crippen molar-refractivity contribution in [3.8, 4) is 22.9 Å². The Balaban J connectivity index is 1.43. The van der Waals surface area contributed by atoms with E-state index in [1.165, 1.54) is 12.1 Å². The number of benzene rings is 2. The molecular formula is C25H27FN4O3. The molecule has 1 amide bonds. The van der Waals surface area contributed by atoms with Crippen LogP contribution in [-0.2, 0) is 11.3 Å². The summed E-state index contributed by atoms with van der Waals surface area (Å²) < 4.78 is 24.3. The second-order valence-corrected chi connectivity index (χ2v) is 7.93.